The van der Waals surface area contributed by atoms with Crippen LogP contribution in [0.15, 0.2) is 16.6 Å². The lowest BCUT2D eigenvalue weighted by Crippen LogP contribution is -2.30. The zero-order chi connectivity index (χ0) is 13.3. The number of halogens is 4. The zero-order valence-electron chi connectivity index (χ0n) is 9.68. The molecule has 4 nitrogen and oxygen atoms in total. The first kappa shape index (κ1) is 16.6. The fourth-order valence-electron chi connectivity index (χ4n) is 1.92. The van der Waals surface area contributed by atoms with Gasteiger partial charge in [-0.3, -0.25) is 0 Å². The lowest BCUT2D eigenvalue weighted by molar-refractivity contribution is 0.0823. The molecule has 1 atom stereocenters. The minimum absolute atomic E-state index is 0. The van der Waals surface area contributed by atoms with Crippen molar-refractivity contribution >= 4 is 40.9 Å². The van der Waals surface area contributed by atoms with Crippen LogP contribution in [-0.2, 0) is 4.65 Å². The molecule has 0 saturated heterocycles. The van der Waals surface area contributed by atoms with E-state index in [1.165, 1.54) is 6.07 Å². The van der Waals surface area contributed by atoms with Crippen molar-refractivity contribution in [2.45, 2.75) is 12.5 Å². The standard InChI is InChI=1S/C10H11BBrF2NO3.ClH/c12-5-1-2-6(17-4-8(13)14)10-9(5)7(3-15)18-11(10)16;/h1-2,7-8,16H,3-4,15H2;1H. The Balaban J connectivity index is 0.00000180. The quantitative estimate of drug-likeness (QED) is 0.795. The Kier molecular flexibility index (Phi) is 6.00. The van der Waals surface area contributed by atoms with Crippen LogP contribution in [0.3, 0.4) is 0 Å². The van der Waals surface area contributed by atoms with Crippen LogP contribution in [-0.4, -0.2) is 31.7 Å². The largest absolute Gasteiger partial charge is 0.495 e. The third-order valence-corrected chi connectivity index (χ3v) is 3.33. The molecule has 0 radical (unpaired) electrons. The topological polar surface area (TPSA) is 64.7 Å². The molecule has 0 bridgehead atoms. The van der Waals surface area contributed by atoms with E-state index in [0.29, 0.717) is 15.5 Å². The predicted octanol–water partition coefficient (Wildman–Crippen LogP) is 1.23. The summed E-state index contributed by atoms with van der Waals surface area (Å²) in [6.45, 7) is -0.547. The van der Waals surface area contributed by atoms with Crippen molar-refractivity contribution in [2.75, 3.05) is 13.2 Å². The second kappa shape index (κ2) is 6.85. The van der Waals surface area contributed by atoms with Crippen molar-refractivity contribution in [1.82, 2.24) is 0 Å². The average Bonchev–Trinajstić information content (AvgIpc) is 2.67. The van der Waals surface area contributed by atoms with Gasteiger partial charge in [-0.05, 0) is 17.7 Å². The summed E-state index contributed by atoms with van der Waals surface area (Å²) < 4.78 is 35.2. The summed E-state index contributed by atoms with van der Waals surface area (Å²) in [6, 6.07) is 3.17. The molecule has 1 aromatic rings. The summed E-state index contributed by atoms with van der Waals surface area (Å²) in [5.74, 6) is 0.192. The van der Waals surface area contributed by atoms with Crippen LogP contribution in [0.5, 0.6) is 5.75 Å². The number of rotatable bonds is 4. The van der Waals surface area contributed by atoms with Gasteiger partial charge < -0.3 is 20.1 Å². The third-order valence-electron chi connectivity index (χ3n) is 2.63. The molecule has 0 aliphatic carbocycles. The van der Waals surface area contributed by atoms with Gasteiger partial charge in [0.05, 0.1) is 6.10 Å². The van der Waals surface area contributed by atoms with E-state index >= 15 is 0 Å². The molecule has 1 unspecified atom stereocenters. The molecule has 0 fully saturated rings. The van der Waals surface area contributed by atoms with Crippen molar-refractivity contribution < 1.29 is 23.2 Å². The van der Waals surface area contributed by atoms with E-state index in [4.69, 9.17) is 15.1 Å². The lowest BCUT2D eigenvalue weighted by Gasteiger charge is -2.13. The molecule has 3 N–H and O–H groups in total. The van der Waals surface area contributed by atoms with E-state index in [1.807, 2.05) is 0 Å². The highest BCUT2D eigenvalue weighted by Crippen LogP contribution is 2.33. The van der Waals surface area contributed by atoms with Gasteiger partial charge in [0.2, 0.25) is 0 Å². The lowest BCUT2D eigenvalue weighted by atomic mass is 9.78. The van der Waals surface area contributed by atoms with Gasteiger partial charge in [-0.1, -0.05) is 15.9 Å². The molecule has 1 heterocycles. The van der Waals surface area contributed by atoms with E-state index < -0.39 is 26.3 Å². The van der Waals surface area contributed by atoms with Crippen molar-refractivity contribution in [1.29, 1.82) is 0 Å². The van der Waals surface area contributed by atoms with E-state index in [0.717, 1.165) is 0 Å². The summed E-state index contributed by atoms with van der Waals surface area (Å²) in [7, 11) is -1.21. The van der Waals surface area contributed by atoms with E-state index in [-0.39, 0.29) is 24.7 Å². The molecular formula is C10H12BBrClF2NO3. The Bertz CT molecular complexity index is 455. The molecule has 0 amide bonds. The maximum atomic E-state index is 12.1. The first-order valence-corrected chi connectivity index (χ1v) is 6.10. The van der Waals surface area contributed by atoms with Gasteiger partial charge in [0.25, 0.3) is 6.43 Å². The summed E-state index contributed by atoms with van der Waals surface area (Å²) in [5.41, 5.74) is 6.55. The van der Waals surface area contributed by atoms with Crippen LogP contribution in [0.4, 0.5) is 8.78 Å². The summed E-state index contributed by atoms with van der Waals surface area (Å²) >= 11 is 3.32. The second-order valence-electron chi connectivity index (χ2n) is 3.79. The summed E-state index contributed by atoms with van der Waals surface area (Å²) in [6.07, 6.45) is -3.05. The van der Waals surface area contributed by atoms with Crippen LogP contribution < -0.4 is 15.9 Å². The fraction of sp³-hybridized carbons (Fsp3) is 0.400. The van der Waals surface area contributed by atoms with Crippen LogP contribution >= 0.6 is 28.3 Å². The number of hydrogen-bond donors (Lipinski definition) is 2. The molecule has 1 aliphatic rings. The Labute approximate surface area is 123 Å². The van der Waals surface area contributed by atoms with Gasteiger partial charge in [0.1, 0.15) is 12.4 Å². The van der Waals surface area contributed by atoms with Crippen molar-refractivity contribution in [3.8, 4) is 5.75 Å². The maximum absolute atomic E-state index is 12.1. The highest BCUT2D eigenvalue weighted by atomic mass is 79.9. The van der Waals surface area contributed by atoms with Crippen LogP contribution in [0.2, 0.25) is 0 Å². The number of alkyl halides is 2. The highest BCUT2D eigenvalue weighted by molar-refractivity contribution is 9.10. The van der Waals surface area contributed by atoms with Gasteiger partial charge in [-0.2, -0.15) is 0 Å². The number of benzene rings is 1. The molecular weight excluding hydrogens is 346 g/mol. The van der Waals surface area contributed by atoms with Gasteiger partial charge in [-0.15, -0.1) is 12.4 Å². The molecule has 0 spiro atoms. The molecule has 19 heavy (non-hydrogen) atoms. The van der Waals surface area contributed by atoms with Gasteiger partial charge in [-0.25, -0.2) is 8.78 Å². The van der Waals surface area contributed by atoms with E-state index in [2.05, 4.69) is 15.9 Å². The molecule has 0 aromatic heterocycles. The van der Waals surface area contributed by atoms with Crippen LogP contribution in [0, 0.1) is 0 Å². The number of ether oxygens (including phenoxy) is 1. The minimum atomic E-state index is -2.57. The van der Waals surface area contributed by atoms with E-state index in [1.54, 1.807) is 6.07 Å². The Morgan fingerprint density at radius 2 is 2.21 bits per heavy atom. The second-order valence-corrected chi connectivity index (χ2v) is 4.64. The number of fused-ring (bicyclic) bond motifs is 1. The molecule has 1 aliphatic heterocycles. The number of nitrogens with two attached hydrogens (primary N) is 1. The monoisotopic (exact) mass is 357 g/mol. The smallest absolute Gasteiger partial charge is 0.488 e. The number of hydrogen-bond acceptors (Lipinski definition) is 4. The minimum Gasteiger partial charge on any atom is -0.488 e. The molecule has 2 rings (SSSR count). The normalized spacial score (nSPS) is 17.4. The highest BCUT2D eigenvalue weighted by Gasteiger charge is 2.39. The first-order chi connectivity index (χ1) is 8.54. The Morgan fingerprint density at radius 1 is 1.53 bits per heavy atom. The van der Waals surface area contributed by atoms with Crippen molar-refractivity contribution in [3.05, 3.63) is 22.2 Å². The molecule has 106 valence electrons. The summed E-state index contributed by atoms with van der Waals surface area (Å²) in [5, 5.41) is 9.79. The third kappa shape index (κ3) is 3.38. The van der Waals surface area contributed by atoms with E-state index in [9.17, 15) is 13.8 Å². The maximum Gasteiger partial charge on any atom is 0.495 e. The molecule has 0 saturated carbocycles. The van der Waals surface area contributed by atoms with Crippen LogP contribution in [0.1, 0.15) is 11.7 Å². The van der Waals surface area contributed by atoms with Gasteiger partial charge in [0, 0.05) is 16.5 Å². The first-order valence-electron chi connectivity index (χ1n) is 5.31. The fourth-order valence-corrected chi connectivity index (χ4v) is 2.52. The van der Waals surface area contributed by atoms with Crippen molar-refractivity contribution in [2.24, 2.45) is 5.73 Å². The predicted molar refractivity (Wildman–Crippen MR) is 73.4 cm³/mol. The molecule has 9 heteroatoms. The van der Waals surface area contributed by atoms with Gasteiger partial charge in [0.15, 0.2) is 0 Å². The summed E-state index contributed by atoms with van der Waals surface area (Å²) in [4.78, 5) is 0. The SMILES string of the molecule is Cl.NCC1OB(O)c2c(OCC(F)F)ccc(Br)c21. The van der Waals surface area contributed by atoms with Crippen LogP contribution in [0.25, 0.3) is 0 Å². The average molecular weight is 358 g/mol. The van der Waals surface area contributed by atoms with Crippen molar-refractivity contribution in [3.63, 3.8) is 0 Å². The zero-order valence-corrected chi connectivity index (χ0v) is 12.1. The molecule has 1 aromatic carbocycles. The Morgan fingerprint density at radius 3 is 2.79 bits per heavy atom. The van der Waals surface area contributed by atoms with Gasteiger partial charge >= 0.3 is 7.12 Å². The Hall–Kier alpha value is -0.405.